The van der Waals surface area contributed by atoms with E-state index in [9.17, 15) is 0 Å². The fraction of sp³-hybridized carbons (Fsp3) is 1.00. The molecule has 0 aromatic carbocycles. The van der Waals surface area contributed by atoms with Gasteiger partial charge in [-0.3, -0.25) is 0 Å². The third-order valence-electron chi connectivity index (χ3n) is 6.34. The summed E-state index contributed by atoms with van der Waals surface area (Å²) in [6.07, 6.45) is 7.09. The molecule has 0 aromatic rings. The van der Waals surface area contributed by atoms with E-state index in [-0.39, 0.29) is 5.60 Å². The number of ether oxygens (including phenoxy) is 1. The van der Waals surface area contributed by atoms with Gasteiger partial charge in [0, 0.05) is 13.2 Å². The molecule has 1 N–H and O–H groups in total. The first-order valence-corrected chi connectivity index (χ1v) is 8.36. The average Bonchev–Trinajstić information content (AvgIpc) is 2.81. The normalized spacial score (nSPS) is 41.4. The molecule has 0 saturated heterocycles. The molecule has 110 valence electrons. The largest absolute Gasteiger partial charge is 0.379 e. The van der Waals surface area contributed by atoms with Crippen molar-refractivity contribution in [2.75, 3.05) is 13.7 Å². The van der Waals surface area contributed by atoms with Gasteiger partial charge < -0.3 is 10.1 Å². The zero-order valence-electron chi connectivity index (χ0n) is 13.1. The van der Waals surface area contributed by atoms with Crippen LogP contribution in [-0.2, 0) is 4.74 Å². The Morgan fingerprint density at radius 1 is 1.21 bits per heavy atom. The molecule has 5 unspecified atom stereocenters. The third-order valence-corrected chi connectivity index (χ3v) is 6.34. The van der Waals surface area contributed by atoms with Crippen LogP contribution in [0.2, 0.25) is 0 Å². The Morgan fingerprint density at radius 2 is 1.84 bits per heavy atom. The minimum Gasteiger partial charge on any atom is -0.379 e. The molecule has 3 saturated carbocycles. The Labute approximate surface area is 118 Å². The highest BCUT2D eigenvalue weighted by molar-refractivity contribution is 5.15. The lowest BCUT2D eigenvalue weighted by Gasteiger charge is -2.27. The molecule has 0 aliphatic heterocycles. The lowest BCUT2D eigenvalue weighted by atomic mass is 9.91. The zero-order chi connectivity index (χ0) is 13.6. The van der Waals surface area contributed by atoms with Crippen LogP contribution in [-0.4, -0.2) is 25.3 Å². The molecule has 0 amide bonds. The van der Waals surface area contributed by atoms with Crippen molar-refractivity contribution in [3.8, 4) is 0 Å². The quantitative estimate of drug-likeness (QED) is 0.761. The van der Waals surface area contributed by atoms with Crippen LogP contribution >= 0.6 is 0 Å². The van der Waals surface area contributed by atoms with Gasteiger partial charge in [-0.15, -0.1) is 0 Å². The second-order valence-corrected chi connectivity index (χ2v) is 7.73. The van der Waals surface area contributed by atoms with Gasteiger partial charge >= 0.3 is 0 Å². The number of fused-ring (bicyclic) bond motifs is 5. The van der Waals surface area contributed by atoms with Gasteiger partial charge in [0.05, 0.1) is 5.60 Å². The molecule has 3 aliphatic carbocycles. The molecule has 5 atom stereocenters. The van der Waals surface area contributed by atoms with Crippen molar-refractivity contribution in [3.05, 3.63) is 0 Å². The van der Waals surface area contributed by atoms with Crippen LogP contribution < -0.4 is 5.32 Å². The lowest BCUT2D eigenvalue weighted by molar-refractivity contribution is 0.0108. The van der Waals surface area contributed by atoms with Gasteiger partial charge in [-0.1, -0.05) is 6.92 Å². The highest BCUT2D eigenvalue weighted by Gasteiger charge is 2.66. The van der Waals surface area contributed by atoms with Crippen molar-refractivity contribution < 1.29 is 4.74 Å². The zero-order valence-corrected chi connectivity index (χ0v) is 13.1. The molecule has 0 aromatic heterocycles. The molecule has 19 heavy (non-hydrogen) atoms. The SMILES string of the molecule is CCNC(CCC(C)(C)OC)C1C2C3CCC(C3)C21. The van der Waals surface area contributed by atoms with Crippen LogP contribution in [0, 0.1) is 29.6 Å². The molecule has 0 radical (unpaired) electrons. The van der Waals surface area contributed by atoms with E-state index in [0.717, 1.165) is 42.2 Å². The minimum atomic E-state index is 0.0383. The topological polar surface area (TPSA) is 21.3 Å². The first-order valence-electron chi connectivity index (χ1n) is 8.36. The molecular formula is C17H31NO. The van der Waals surface area contributed by atoms with Crippen molar-refractivity contribution in [3.63, 3.8) is 0 Å². The average molecular weight is 265 g/mol. The maximum Gasteiger partial charge on any atom is 0.0623 e. The summed E-state index contributed by atoms with van der Waals surface area (Å²) in [4.78, 5) is 0. The Bertz CT molecular complexity index is 311. The molecule has 3 aliphatic rings. The van der Waals surface area contributed by atoms with Crippen molar-refractivity contribution >= 4 is 0 Å². The molecule has 3 fully saturated rings. The van der Waals surface area contributed by atoms with Crippen LogP contribution in [0.5, 0.6) is 0 Å². The number of rotatable bonds is 7. The van der Waals surface area contributed by atoms with Gasteiger partial charge in [0.15, 0.2) is 0 Å². The lowest BCUT2D eigenvalue weighted by Crippen LogP contribution is -2.35. The highest BCUT2D eigenvalue weighted by atomic mass is 16.5. The van der Waals surface area contributed by atoms with Crippen molar-refractivity contribution in [2.45, 2.75) is 64.5 Å². The van der Waals surface area contributed by atoms with E-state index in [1.807, 2.05) is 7.11 Å². The van der Waals surface area contributed by atoms with E-state index < -0.39 is 0 Å². The summed E-state index contributed by atoms with van der Waals surface area (Å²) in [5.74, 6) is 5.37. The highest BCUT2D eigenvalue weighted by Crippen LogP contribution is 2.70. The van der Waals surface area contributed by atoms with E-state index in [2.05, 4.69) is 26.1 Å². The number of hydrogen-bond donors (Lipinski definition) is 1. The Kier molecular flexibility index (Phi) is 3.68. The Balaban J connectivity index is 1.57. The van der Waals surface area contributed by atoms with Crippen LogP contribution in [0.1, 0.15) is 52.9 Å². The van der Waals surface area contributed by atoms with Crippen molar-refractivity contribution in [1.29, 1.82) is 0 Å². The van der Waals surface area contributed by atoms with Crippen LogP contribution in [0.15, 0.2) is 0 Å². The first kappa shape index (κ1) is 13.9. The molecule has 3 rings (SSSR count). The van der Waals surface area contributed by atoms with Gasteiger partial charge in [0.2, 0.25) is 0 Å². The van der Waals surface area contributed by atoms with E-state index in [0.29, 0.717) is 0 Å². The van der Waals surface area contributed by atoms with Crippen molar-refractivity contribution in [2.24, 2.45) is 29.6 Å². The van der Waals surface area contributed by atoms with E-state index in [1.165, 1.54) is 25.7 Å². The summed E-state index contributed by atoms with van der Waals surface area (Å²) in [6, 6.07) is 0.748. The fourth-order valence-electron chi connectivity index (χ4n) is 5.23. The molecule has 0 spiro atoms. The van der Waals surface area contributed by atoms with Crippen LogP contribution in [0.3, 0.4) is 0 Å². The van der Waals surface area contributed by atoms with Gasteiger partial charge in [0.1, 0.15) is 0 Å². The summed E-state index contributed by atoms with van der Waals surface area (Å²) >= 11 is 0. The third kappa shape index (κ3) is 2.47. The van der Waals surface area contributed by atoms with E-state index in [4.69, 9.17) is 4.74 Å². The van der Waals surface area contributed by atoms with Crippen molar-refractivity contribution in [1.82, 2.24) is 5.32 Å². The fourth-order valence-corrected chi connectivity index (χ4v) is 5.23. The summed E-state index contributed by atoms with van der Waals surface area (Å²) in [5.41, 5.74) is 0.0383. The van der Waals surface area contributed by atoms with Gasteiger partial charge in [-0.05, 0) is 82.1 Å². The van der Waals surface area contributed by atoms with Gasteiger partial charge in [-0.25, -0.2) is 0 Å². The minimum absolute atomic E-state index is 0.0383. The number of hydrogen-bond acceptors (Lipinski definition) is 2. The molecular weight excluding hydrogens is 234 g/mol. The monoisotopic (exact) mass is 265 g/mol. The maximum absolute atomic E-state index is 5.59. The Hall–Kier alpha value is -0.0800. The molecule has 2 heteroatoms. The molecule has 2 nitrogen and oxygen atoms in total. The molecule has 2 bridgehead atoms. The smallest absolute Gasteiger partial charge is 0.0623 e. The van der Waals surface area contributed by atoms with E-state index >= 15 is 0 Å². The number of nitrogens with one attached hydrogen (secondary N) is 1. The van der Waals surface area contributed by atoms with Gasteiger partial charge in [0.25, 0.3) is 0 Å². The van der Waals surface area contributed by atoms with Crippen LogP contribution in [0.4, 0.5) is 0 Å². The summed E-state index contributed by atoms with van der Waals surface area (Å²) in [6.45, 7) is 7.80. The second kappa shape index (κ2) is 5.04. The Morgan fingerprint density at radius 3 is 2.37 bits per heavy atom. The predicted molar refractivity (Wildman–Crippen MR) is 79.1 cm³/mol. The maximum atomic E-state index is 5.59. The first-order chi connectivity index (χ1) is 9.07. The summed E-state index contributed by atoms with van der Waals surface area (Å²) in [7, 11) is 1.84. The number of methoxy groups -OCH3 is 1. The van der Waals surface area contributed by atoms with Crippen LogP contribution in [0.25, 0.3) is 0 Å². The second-order valence-electron chi connectivity index (χ2n) is 7.73. The predicted octanol–water partition coefficient (Wildman–Crippen LogP) is 3.46. The molecule has 0 heterocycles. The van der Waals surface area contributed by atoms with E-state index in [1.54, 1.807) is 6.42 Å². The van der Waals surface area contributed by atoms with Gasteiger partial charge in [-0.2, -0.15) is 0 Å². The summed E-state index contributed by atoms with van der Waals surface area (Å²) < 4.78 is 5.59. The summed E-state index contributed by atoms with van der Waals surface area (Å²) in [5, 5.41) is 3.78. The standard InChI is InChI=1S/C17H31NO/c1-5-18-13(8-9-17(2,3)19-4)16-14-11-6-7-12(10-11)15(14)16/h11-16,18H,5-10H2,1-4H3.